The second-order valence-electron chi connectivity index (χ2n) is 4.08. The Morgan fingerprint density at radius 3 is 1.44 bits per heavy atom. The van der Waals surface area contributed by atoms with E-state index < -0.39 is 34.5 Å². The van der Waals surface area contributed by atoms with Gasteiger partial charge in [0.15, 0.2) is 0 Å². The summed E-state index contributed by atoms with van der Waals surface area (Å²) < 4.78 is 0. The molecule has 0 aromatic heterocycles. The van der Waals surface area contributed by atoms with Gasteiger partial charge in [0.2, 0.25) is 11.8 Å². The summed E-state index contributed by atoms with van der Waals surface area (Å²) in [5, 5.41) is 21.0. The Kier molecular flexibility index (Phi) is 8.41. The third kappa shape index (κ3) is 7.10. The fourth-order valence-electron chi connectivity index (χ4n) is 0.993. The zero-order valence-corrected chi connectivity index (χ0v) is 12.1. The van der Waals surface area contributed by atoms with E-state index in [0.717, 1.165) is 0 Å². The van der Waals surface area contributed by atoms with Crippen LogP contribution in [-0.2, 0) is 9.59 Å². The number of nitrogens with one attached hydrogen (secondary N) is 2. The van der Waals surface area contributed by atoms with Crippen LogP contribution in [0.4, 0.5) is 0 Å². The average Bonchev–Trinajstić information content (AvgIpc) is 2.30. The number of amides is 2. The van der Waals surface area contributed by atoms with Gasteiger partial charge in [-0.25, -0.2) is 0 Å². The molecule has 4 N–H and O–H groups in total. The Balaban J connectivity index is 4.18. The number of carbonyl (C=O) groups is 2. The van der Waals surface area contributed by atoms with Gasteiger partial charge in [-0.15, -0.1) is 0 Å². The quantitative estimate of drug-likeness (QED) is 0.325. The molecular weight excluding hydrogens is 276 g/mol. The van der Waals surface area contributed by atoms with Crippen LogP contribution in [0.1, 0.15) is 13.8 Å². The van der Waals surface area contributed by atoms with Gasteiger partial charge in [-0.1, -0.05) is 0 Å². The van der Waals surface area contributed by atoms with Gasteiger partial charge < -0.3 is 20.8 Å². The number of aliphatic hydroxyl groups is 2. The van der Waals surface area contributed by atoms with Crippen LogP contribution in [0.15, 0.2) is 0 Å². The summed E-state index contributed by atoms with van der Waals surface area (Å²) in [6.07, 6.45) is -1.34. The Morgan fingerprint density at radius 2 is 1.22 bits per heavy atom. The summed E-state index contributed by atoms with van der Waals surface area (Å²) in [6, 6.07) is 0. The minimum absolute atomic E-state index is 0.0890. The molecule has 0 aliphatic carbocycles. The molecule has 0 spiro atoms. The van der Waals surface area contributed by atoms with Gasteiger partial charge in [0.1, 0.15) is 10.5 Å². The predicted molar refractivity (Wildman–Crippen MR) is 74.9 cm³/mol. The Morgan fingerprint density at radius 1 is 0.944 bits per heavy atom. The highest BCUT2D eigenvalue weighted by atomic mass is 32.1. The molecule has 0 saturated carbocycles. The van der Waals surface area contributed by atoms with Gasteiger partial charge >= 0.3 is 0 Å². The fourth-order valence-corrected chi connectivity index (χ4v) is 1.45. The highest BCUT2D eigenvalue weighted by molar-refractivity contribution is 7.86. The molecule has 0 heterocycles. The van der Waals surface area contributed by atoms with E-state index in [4.69, 9.17) is 10.2 Å². The molecule has 0 aliphatic heterocycles. The minimum Gasteiger partial charge on any atom is -0.392 e. The van der Waals surface area contributed by atoms with Crippen molar-refractivity contribution >= 4 is 37.1 Å². The van der Waals surface area contributed by atoms with Crippen LogP contribution in [0.2, 0.25) is 0 Å². The summed E-state index contributed by atoms with van der Waals surface area (Å²) >= 11 is 8.03. The first kappa shape index (κ1) is 17.6. The summed E-state index contributed by atoms with van der Waals surface area (Å²) in [7, 11) is 0. The normalized spacial score (nSPS) is 17.4. The van der Waals surface area contributed by atoms with E-state index in [1.54, 1.807) is 0 Å². The van der Waals surface area contributed by atoms with Gasteiger partial charge in [0.25, 0.3) is 0 Å². The van der Waals surface area contributed by atoms with Crippen LogP contribution >= 0.6 is 25.3 Å². The standard InChI is InChI=1S/C10H20N2O4S2/c1-5(13)3-11-9(15)7(17)8(18)10(16)12-4-6(2)14/h5-8,13-14,17-18H,3-4H2,1-2H3,(H,11,15)(H,12,16). The molecule has 4 atom stereocenters. The molecule has 0 aromatic rings. The van der Waals surface area contributed by atoms with E-state index in [2.05, 4.69) is 35.9 Å². The van der Waals surface area contributed by atoms with Crippen LogP contribution in [0.3, 0.4) is 0 Å². The summed E-state index contributed by atoms with van der Waals surface area (Å²) in [5.41, 5.74) is 0. The lowest BCUT2D eigenvalue weighted by Gasteiger charge is -2.18. The lowest BCUT2D eigenvalue weighted by Crippen LogP contribution is -2.46. The summed E-state index contributed by atoms with van der Waals surface area (Å²) in [6.45, 7) is 3.24. The predicted octanol–water partition coefficient (Wildman–Crippen LogP) is -1.42. The molecule has 0 bridgehead atoms. The van der Waals surface area contributed by atoms with Gasteiger partial charge in [-0.3, -0.25) is 9.59 Å². The number of rotatable bonds is 7. The van der Waals surface area contributed by atoms with Crippen molar-refractivity contribution in [2.75, 3.05) is 13.1 Å². The van der Waals surface area contributed by atoms with Crippen LogP contribution in [-0.4, -0.2) is 57.8 Å². The first-order valence-electron chi connectivity index (χ1n) is 5.53. The molecular formula is C10H20N2O4S2. The number of hydrogen-bond acceptors (Lipinski definition) is 6. The Hall–Kier alpha value is -0.440. The molecule has 2 amide bonds. The van der Waals surface area contributed by atoms with Crippen molar-refractivity contribution in [3.8, 4) is 0 Å². The largest absolute Gasteiger partial charge is 0.392 e. The van der Waals surface area contributed by atoms with Crippen LogP contribution < -0.4 is 10.6 Å². The molecule has 8 heteroatoms. The van der Waals surface area contributed by atoms with Crippen LogP contribution in [0.5, 0.6) is 0 Å². The number of carbonyl (C=O) groups excluding carboxylic acids is 2. The molecule has 6 nitrogen and oxygen atoms in total. The topological polar surface area (TPSA) is 98.7 Å². The lowest BCUT2D eigenvalue weighted by molar-refractivity contribution is -0.125. The molecule has 106 valence electrons. The first-order chi connectivity index (χ1) is 8.25. The third-order valence-electron chi connectivity index (χ3n) is 1.98. The van der Waals surface area contributed by atoms with Gasteiger partial charge in [0, 0.05) is 13.1 Å². The number of hydrogen-bond donors (Lipinski definition) is 6. The van der Waals surface area contributed by atoms with Crippen molar-refractivity contribution in [1.29, 1.82) is 0 Å². The van der Waals surface area contributed by atoms with Crippen LogP contribution in [0, 0.1) is 0 Å². The van der Waals surface area contributed by atoms with E-state index in [1.807, 2.05) is 0 Å². The monoisotopic (exact) mass is 296 g/mol. The molecule has 0 fully saturated rings. The zero-order chi connectivity index (χ0) is 14.3. The second kappa shape index (κ2) is 8.63. The molecule has 0 saturated heterocycles. The average molecular weight is 296 g/mol. The van der Waals surface area contributed by atoms with Crippen molar-refractivity contribution < 1.29 is 19.8 Å². The fraction of sp³-hybridized carbons (Fsp3) is 0.800. The molecule has 0 aromatic carbocycles. The summed E-state index contributed by atoms with van der Waals surface area (Å²) in [5.74, 6) is -0.960. The van der Waals surface area contributed by atoms with Gasteiger partial charge in [-0.05, 0) is 13.8 Å². The van der Waals surface area contributed by atoms with Crippen molar-refractivity contribution in [2.45, 2.75) is 36.6 Å². The Labute approximate surface area is 117 Å². The van der Waals surface area contributed by atoms with Crippen molar-refractivity contribution in [3.05, 3.63) is 0 Å². The first-order valence-corrected chi connectivity index (χ1v) is 6.56. The maximum absolute atomic E-state index is 11.6. The van der Waals surface area contributed by atoms with E-state index in [0.29, 0.717) is 0 Å². The SMILES string of the molecule is CC(O)CNC(=O)C(S)C(S)C(=O)NCC(C)O. The lowest BCUT2D eigenvalue weighted by atomic mass is 10.2. The number of aliphatic hydroxyl groups excluding tert-OH is 2. The van der Waals surface area contributed by atoms with Crippen molar-refractivity contribution in [3.63, 3.8) is 0 Å². The zero-order valence-electron chi connectivity index (χ0n) is 10.3. The smallest absolute Gasteiger partial charge is 0.234 e. The van der Waals surface area contributed by atoms with Gasteiger partial charge in [-0.2, -0.15) is 25.3 Å². The molecule has 0 radical (unpaired) electrons. The minimum atomic E-state index is -0.930. The number of thiol groups is 2. The molecule has 18 heavy (non-hydrogen) atoms. The molecule has 0 rings (SSSR count). The van der Waals surface area contributed by atoms with Crippen molar-refractivity contribution in [1.82, 2.24) is 10.6 Å². The molecule has 0 aliphatic rings. The van der Waals surface area contributed by atoms with E-state index in [9.17, 15) is 9.59 Å². The third-order valence-corrected chi connectivity index (χ3v) is 3.28. The van der Waals surface area contributed by atoms with E-state index in [-0.39, 0.29) is 13.1 Å². The maximum atomic E-state index is 11.6. The van der Waals surface area contributed by atoms with Crippen molar-refractivity contribution in [2.24, 2.45) is 0 Å². The highest BCUT2D eigenvalue weighted by Gasteiger charge is 2.28. The highest BCUT2D eigenvalue weighted by Crippen LogP contribution is 2.09. The van der Waals surface area contributed by atoms with Gasteiger partial charge in [0.05, 0.1) is 12.2 Å². The van der Waals surface area contributed by atoms with E-state index in [1.165, 1.54) is 13.8 Å². The maximum Gasteiger partial charge on any atom is 0.234 e. The summed E-state index contributed by atoms with van der Waals surface area (Å²) in [4.78, 5) is 23.1. The van der Waals surface area contributed by atoms with Crippen LogP contribution in [0.25, 0.3) is 0 Å². The second-order valence-corrected chi connectivity index (χ2v) is 5.19. The van der Waals surface area contributed by atoms with E-state index >= 15 is 0 Å². The molecule has 4 unspecified atom stereocenters. The Bertz CT molecular complexity index is 259.